The first-order valence-corrected chi connectivity index (χ1v) is 9.04. The van der Waals surface area contributed by atoms with Gasteiger partial charge in [0.2, 0.25) is 5.91 Å². The number of hydrogen-bond donors (Lipinski definition) is 2. The highest BCUT2D eigenvalue weighted by Crippen LogP contribution is 2.27. The van der Waals surface area contributed by atoms with E-state index in [1.165, 1.54) is 5.56 Å². The molecule has 1 atom stereocenters. The molecule has 5 nitrogen and oxygen atoms in total. The fraction of sp³-hybridized carbons (Fsp3) is 0.500. The Morgan fingerprint density at radius 1 is 1.36 bits per heavy atom. The van der Waals surface area contributed by atoms with E-state index < -0.39 is 5.54 Å². The summed E-state index contributed by atoms with van der Waals surface area (Å²) >= 11 is 0. The molecule has 0 saturated carbocycles. The molecule has 1 fully saturated rings. The summed E-state index contributed by atoms with van der Waals surface area (Å²) in [6.07, 6.45) is 2.33. The largest absolute Gasteiger partial charge is 0.361 e. The third-order valence-corrected chi connectivity index (χ3v) is 4.73. The molecule has 1 unspecified atom stereocenters. The molecule has 1 aromatic carbocycles. The van der Waals surface area contributed by atoms with Gasteiger partial charge in [0.15, 0.2) is 0 Å². The molecular weight excluding hydrogens is 314 g/mol. The maximum absolute atomic E-state index is 12.8. The molecule has 1 aliphatic heterocycles. The standard InChI is InChI=1S/C20H27N3O2/c1-14(2)13-21-19(24)20(9-4-10-22-20)12-17-11-18(23-25-17)16-7-5-15(3)6-8-16/h5-8,11,14,22H,4,9-10,12-13H2,1-3H3,(H,21,24). The zero-order chi connectivity index (χ0) is 17.9. The second kappa shape index (κ2) is 7.40. The van der Waals surface area contributed by atoms with Crippen LogP contribution in [-0.4, -0.2) is 29.7 Å². The monoisotopic (exact) mass is 341 g/mol. The molecule has 0 radical (unpaired) electrons. The first kappa shape index (κ1) is 17.7. The van der Waals surface area contributed by atoms with Crippen LogP contribution in [0.4, 0.5) is 0 Å². The summed E-state index contributed by atoms with van der Waals surface area (Å²) in [4.78, 5) is 12.8. The maximum atomic E-state index is 12.8. The van der Waals surface area contributed by atoms with Crippen LogP contribution in [0.25, 0.3) is 11.3 Å². The normalized spacial score (nSPS) is 20.2. The van der Waals surface area contributed by atoms with Gasteiger partial charge in [-0.2, -0.15) is 0 Å². The van der Waals surface area contributed by atoms with Crippen molar-refractivity contribution >= 4 is 5.91 Å². The van der Waals surface area contributed by atoms with Crippen LogP contribution in [0.5, 0.6) is 0 Å². The van der Waals surface area contributed by atoms with E-state index in [4.69, 9.17) is 4.52 Å². The summed E-state index contributed by atoms with van der Waals surface area (Å²) in [5.74, 6) is 1.23. The lowest BCUT2D eigenvalue weighted by molar-refractivity contribution is -0.127. The lowest BCUT2D eigenvalue weighted by atomic mass is 9.90. The highest BCUT2D eigenvalue weighted by Gasteiger charge is 2.42. The summed E-state index contributed by atoms with van der Waals surface area (Å²) in [6.45, 7) is 7.79. The topological polar surface area (TPSA) is 67.2 Å². The van der Waals surface area contributed by atoms with Crippen molar-refractivity contribution in [2.75, 3.05) is 13.1 Å². The smallest absolute Gasteiger partial charge is 0.240 e. The van der Waals surface area contributed by atoms with Crippen molar-refractivity contribution in [3.8, 4) is 11.3 Å². The molecule has 1 amide bonds. The van der Waals surface area contributed by atoms with Crippen LogP contribution in [0.15, 0.2) is 34.9 Å². The Balaban J connectivity index is 1.75. The Hall–Kier alpha value is -2.14. The van der Waals surface area contributed by atoms with Crippen molar-refractivity contribution in [3.05, 3.63) is 41.7 Å². The lowest BCUT2D eigenvalue weighted by Gasteiger charge is -2.27. The molecule has 1 saturated heterocycles. The number of aryl methyl sites for hydroxylation is 1. The van der Waals surface area contributed by atoms with Gasteiger partial charge >= 0.3 is 0 Å². The van der Waals surface area contributed by atoms with Crippen LogP contribution in [0, 0.1) is 12.8 Å². The average molecular weight is 341 g/mol. The molecule has 134 valence electrons. The average Bonchev–Trinajstić information content (AvgIpc) is 3.24. The van der Waals surface area contributed by atoms with Crippen LogP contribution in [0.2, 0.25) is 0 Å². The van der Waals surface area contributed by atoms with Gasteiger partial charge in [-0.25, -0.2) is 0 Å². The van der Waals surface area contributed by atoms with Gasteiger partial charge in [-0.1, -0.05) is 48.8 Å². The fourth-order valence-electron chi connectivity index (χ4n) is 3.25. The van der Waals surface area contributed by atoms with Gasteiger partial charge in [-0.3, -0.25) is 4.79 Å². The molecule has 0 spiro atoms. The molecule has 25 heavy (non-hydrogen) atoms. The Bertz CT molecular complexity index is 713. The molecule has 5 heteroatoms. The number of amides is 1. The highest BCUT2D eigenvalue weighted by molar-refractivity contribution is 5.87. The van der Waals surface area contributed by atoms with Crippen molar-refractivity contribution in [2.45, 2.75) is 45.6 Å². The first-order valence-electron chi connectivity index (χ1n) is 9.04. The van der Waals surface area contributed by atoms with Crippen LogP contribution in [-0.2, 0) is 11.2 Å². The van der Waals surface area contributed by atoms with Gasteiger partial charge in [-0.15, -0.1) is 0 Å². The number of nitrogens with zero attached hydrogens (tertiary/aromatic N) is 1. The number of hydrogen-bond acceptors (Lipinski definition) is 4. The van der Waals surface area contributed by atoms with E-state index >= 15 is 0 Å². The van der Waals surface area contributed by atoms with Crippen LogP contribution in [0.1, 0.15) is 38.0 Å². The van der Waals surface area contributed by atoms with Crippen molar-refractivity contribution in [1.82, 2.24) is 15.8 Å². The highest BCUT2D eigenvalue weighted by atomic mass is 16.5. The summed E-state index contributed by atoms with van der Waals surface area (Å²) in [5, 5.41) is 10.7. The van der Waals surface area contributed by atoms with E-state index in [-0.39, 0.29) is 5.91 Å². The number of carbonyl (C=O) groups is 1. The summed E-state index contributed by atoms with van der Waals surface area (Å²) in [5.41, 5.74) is 2.46. The minimum absolute atomic E-state index is 0.0620. The Morgan fingerprint density at radius 3 is 2.76 bits per heavy atom. The molecule has 2 aromatic rings. The zero-order valence-electron chi connectivity index (χ0n) is 15.3. The Morgan fingerprint density at radius 2 is 2.12 bits per heavy atom. The predicted octanol–water partition coefficient (Wildman–Crippen LogP) is 3.09. The molecule has 3 rings (SSSR count). The van der Waals surface area contributed by atoms with E-state index in [2.05, 4.69) is 48.7 Å². The van der Waals surface area contributed by atoms with Gasteiger partial charge in [0, 0.05) is 24.6 Å². The van der Waals surface area contributed by atoms with Gasteiger partial charge in [0.25, 0.3) is 0 Å². The van der Waals surface area contributed by atoms with Crippen LogP contribution >= 0.6 is 0 Å². The predicted molar refractivity (Wildman–Crippen MR) is 98.2 cm³/mol. The summed E-state index contributed by atoms with van der Waals surface area (Å²) < 4.78 is 5.54. The third-order valence-electron chi connectivity index (χ3n) is 4.73. The van der Waals surface area contributed by atoms with E-state index in [0.717, 1.165) is 36.4 Å². The Kier molecular flexibility index (Phi) is 5.23. The lowest BCUT2D eigenvalue weighted by Crippen LogP contribution is -2.55. The molecule has 1 aliphatic rings. The molecule has 1 aromatic heterocycles. The number of nitrogens with one attached hydrogen (secondary N) is 2. The van der Waals surface area contributed by atoms with Gasteiger partial charge in [-0.05, 0) is 32.2 Å². The van der Waals surface area contributed by atoms with Crippen molar-refractivity contribution < 1.29 is 9.32 Å². The minimum atomic E-state index is -0.584. The second-order valence-corrected chi connectivity index (χ2v) is 7.44. The van der Waals surface area contributed by atoms with Crippen molar-refractivity contribution in [3.63, 3.8) is 0 Å². The van der Waals surface area contributed by atoms with Gasteiger partial charge in [0.05, 0.1) is 0 Å². The van der Waals surface area contributed by atoms with E-state index in [9.17, 15) is 4.79 Å². The molecule has 0 aliphatic carbocycles. The van der Waals surface area contributed by atoms with E-state index in [0.29, 0.717) is 18.9 Å². The number of carbonyl (C=O) groups excluding carboxylic acids is 1. The minimum Gasteiger partial charge on any atom is -0.361 e. The number of benzene rings is 1. The molecular formula is C20H27N3O2. The van der Waals surface area contributed by atoms with Crippen molar-refractivity contribution in [1.29, 1.82) is 0 Å². The van der Waals surface area contributed by atoms with Crippen LogP contribution in [0.3, 0.4) is 0 Å². The van der Waals surface area contributed by atoms with Crippen LogP contribution < -0.4 is 10.6 Å². The van der Waals surface area contributed by atoms with E-state index in [1.54, 1.807) is 0 Å². The number of rotatable bonds is 6. The van der Waals surface area contributed by atoms with E-state index in [1.807, 2.05) is 18.2 Å². The zero-order valence-corrected chi connectivity index (χ0v) is 15.3. The fourth-order valence-corrected chi connectivity index (χ4v) is 3.25. The molecule has 0 bridgehead atoms. The Labute approximate surface area is 149 Å². The van der Waals surface area contributed by atoms with Gasteiger partial charge < -0.3 is 15.2 Å². The SMILES string of the molecule is Cc1ccc(-c2cc(CC3(C(=O)NCC(C)C)CCCN3)on2)cc1. The van der Waals surface area contributed by atoms with Crippen molar-refractivity contribution in [2.24, 2.45) is 5.92 Å². The quantitative estimate of drug-likeness (QED) is 0.847. The summed E-state index contributed by atoms with van der Waals surface area (Å²) in [6, 6.07) is 10.1. The molecule has 2 heterocycles. The molecule has 2 N–H and O–H groups in total. The first-order chi connectivity index (χ1) is 12.0. The summed E-state index contributed by atoms with van der Waals surface area (Å²) in [7, 11) is 0. The third kappa shape index (κ3) is 4.10. The maximum Gasteiger partial charge on any atom is 0.240 e. The number of aromatic nitrogens is 1. The van der Waals surface area contributed by atoms with Gasteiger partial charge in [0.1, 0.15) is 17.0 Å². The second-order valence-electron chi connectivity index (χ2n) is 7.44.